The maximum Gasteiger partial charge on any atom is 0.338 e. The van der Waals surface area contributed by atoms with Crippen LogP contribution in [-0.2, 0) is 4.74 Å². The quantitative estimate of drug-likeness (QED) is 0.622. The Morgan fingerprint density at radius 2 is 2.22 bits per heavy atom. The van der Waals surface area contributed by atoms with Gasteiger partial charge in [-0.2, -0.15) is 0 Å². The van der Waals surface area contributed by atoms with Crippen LogP contribution >= 0.6 is 0 Å². The lowest BCUT2D eigenvalue weighted by atomic mass is 10.2. The van der Waals surface area contributed by atoms with Crippen LogP contribution in [0.2, 0.25) is 0 Å². The summed E-state index contributed by atoms with van der Waals surface area (Å²) in [6.45, 7) is 2.80. The molecule has 0 bridgehead atoms. The number of carbonyl (C=O) groups is 1. The molecule has 1 aromatic rings. The van der Waals surface area contributed by atoms with Crippen LogP contribution in [0, 0.1) is 5.92 Å². The molecule has 1 aliphatic rings. The average molecular weight is 249 g/mol. The molecule has 0 aliphatic heterocycles. The van der Waals surface area contributed by atoms with Crippen LogP contribution in [0.15, 0.2) is 18.2 Å². The minimum absolute atomic E-state index is 0.343. The fourth-order valence-corrected chi connectivity index (χ4v) is 1.74. The largest absolute Gasteiger partial charge is 0.491 e. The van der Waals surface area contributed by atoms with Gasteiger partial charge in [0.15, 0.2) is 0 Å². The lowest BCUT2D eigenvalue weighted by molar-refractivity contribution is 0.0526. The standard InChI is InChI=1S/C14H19NO3/c1-2-17-14(16)11-5-6-12(15)13(9-11)18-8-7-10-3-4-10/h5-6,9-10H,2-4,7-8,15H2,1H3. The van der Waals surface area contributed by atoms with Gasteiger partial charge in [0.25, 0.3) is 0 Å². The lowest BCUT2D eigenvalue weighted by Gasteiger charge is -2.10. The smallest absolute Gasteiger partial charge is 0.338 e. The Kier molecular flexibility index (Phi) is 4.07. The summed E-state index contributed by atoms with van der Waals surface area (Å²) in [5.74, 6) is 1.05. The van der Waals surface area contributed by atoms with Crippen LogP contribution in [0.3, 0.4) is 0 Å². The van der Waals surface area contributed by atoms with E-state index >= 15 is 0 Å². The average Bonchev–Trinajstić information content (AvgIpc) is 3.16. The van der Waals surface area contributed by atoms with Crippen molar-refractivity contribution in [2.75, 3.05) is 18.9 Å². The normalized spacial score (nSPS) is 14.3. The van der Waals surface area contributed by atoms with Crippen LogP contribution in [-0.4, -0.2) is 19.2 Å². The first-order valence-electron chi connectivity index (χ1n) is 6.40. The highest BCUT2D eigenvalue weighted by atomic mass is 16.5. The van der Waals surface area contributed by atoms with Crippen molar-refractivity contribution >= 4 is 11.7 Å². The van der Waals surface area contributed by atoms with Gasteiger partial charge in [-0.1, -0.05) is 12.8 Å². The molecule has 4 nitrogen and oxygen atoms in total. The molecule has 0 heterocycles. The molecule has 18 heavy (non-hydrogen) atoms. The number of esters is 1. The molecule has 0 spiro atoms. The van der Waals surface area contributed by atoms with Gasteiger partial charge in [0.05, 0.1) is 24.5 Å². The molecule has 1 saturated carbocycles. The fourth-order valence-electron chi connectivity index (χ4n) is 1.74. The molecule has 0 radical (unpaired) electrons. The van der Waals surface area contributed by atoms with Crippen molar-refractivity contribution in [3.05, 3.63) is 23.8 Å². The number of anilines is 1. The Morgan fingerprint density at radius 1 is 1.44 bits per heavy atom. The zero-order valence-electron chi connectivity index (χ0n) is 10.6. The first-order chi connectivity index (χ1) is 8.70. The van der Waals surface area contributed by atoms with Gasteiger partial charge in [0, 0.05) is 0 Å². The molecular formula is C14H19NO3. The van der Waals surface area contributed by atoms with E-state index in [-0.39, 0.29) is 5.97 Å². The molecule has 2 rings (SSSR count). The highest BCUT2D eigenvalue weighted by Gasteiger charge is 2.21. The van der Waals surface area contributed by atoms with Crippen LogP contribution in [0.1, 0.15) is 36.5 Å². The minimum Gasteiger partial charge on any atom is -0.491 e. The molecule has 0 amide bonds. The van der Waals surface area contributed by atoms with E-state index in [0.717, 1.165) is 12.3 Å². The Hall–Kier alpha value is -1.71. The summed E-state index contributed by atoms with van der Waals surface area (Å²) in [6.07, 6.45) is 3.67. The fraction of sp³-hybridized carbons (Fsp3) is 0.500. The van der Waals surface area contributed by atoms with Gasteiger partial charge < -0.3 is 15.2 Å². The third kappa shape index (κ3) is 3.39. The maximum atomic E-state index is 11.6. The molecule has 0 atom stereocenters. The van der Waals surface area contributed by atoms with Crippen LogP contribution in [0.4, 0.5) is 5.69 Å². The Labute approximate surface area is 107 Å². The van der Waals surface area contributed by atoms with Gasteiger partial charge >= 0.3 is 5.97 Å². The van der Waals surface area contributed by atoms with Crippen molar-refractivity contribution in [1.29, 1.82) is 0 Å². The summed E-state index contributed by atoms with van der Waals surface area (Å²) in [5, 5.41) is 0. The molecule has 0 saturated heterocycles. The second-order valence-electron chi connectivity index (χ2n) is 4.55. The lowest BCUT2D eigenvalue weighted by Crippen LogP contribution is -2.07. The van der Waals surface area contributed by atoms with E-state index in [1.807, 2.05) is 0 Å². The Balaban J connectivity index is 1.98. The zero-order valence-corrected chi connectivity index (χ0v) is 10.6. The van der Waals surface area contributed by atoms with Crippen molar-refractivity contribution in [1.82, 2.24) is 0 Å². The summed E-state index contributed by atoms with van der Waals surface area (Å²) in [7, 11) is 0. The number of rotatable bonds is 6. The van der Waals surface area contributed by atoms with Crippen molar-refractivity contribution in [3.8, 4) is 5.75 Å². The Bertz CT molecular complexity index is 427. The van der Waals surface area contributed by atoms with Crippen LogP contribution in [0.5, 0.6) is 5.75 Å². The Morgan fingerprint density at radius 3 is 2.89 bits per heavy atom. The van der Waals surface area contributed by atoms with E-state index in [2.05, 4.69) is 0 Å². The topological polar surface area (TPSA) is 61.5 Å². The molecule has 2 N–H and O–H groups in total. The number of hydrogen-bond acceptors (Lipinski definition) is 4. The highest BCUT2D eigenvalue weighted by molar-refractivity contribution is 5.90. The molecule has 4 heteroatoms. The third-order valence-electron chi connectivity index (χ3n) is 3.01. The molecule has 1 aliphatic carbocycles. The van der Waals surface area contributed by atoms with Gasteiger partial charge in [-0.15, -0.1) is 0 Å². The van der Waals surface area contributed by atoms with E-state index < -0.39 is 0 Å². The van der Waals surface area contributed by atoms with E-state index in [0.29, 0.717) is 30.2 Å². The second-order valence-corrected chi connectivity index (χ2v) is 4.55. The number of hydrogen-bond donors (Lipinski definition) is 1. The van der Waals surface area contributed by atoms with Gasteiger partial charge in [-0.25, -0.2) is 4.79 Å². The number of nitrogens with two attached hydrogens (primary N) is 1. The minimum atomic E-state index is -0.343. The van der Waals surface area contributed by atoms with Gasteiger partial charge in [0.2, 0.25) is 0 Å². The first-order valence-corrected chi connectivity index (χ1v) is 6.40. The molecular weight excluding hydrogens is 230 g/mol. The monoisotopic (exact) mass is 249 g/mol. The first kappa shape index (κ1) is 12.7. The van der Waals surface area contributed by atoms with Crippen LogP contribution < -0.4 is 10.5 Å². The number of nitrogen functional groups attached to an aromatic ring is 1. The number of benzene rings is 1. The number of carbonyl (C=O) groups excluding carboxylic acids is 1. The van der Waals surface area contributed by atoms with Crippen molar-refractivity contribution in [2.45, 2.75) is 26.2 Å². The van der Waals surface area contributed by atoms with Crippen molar-refractivity contribution < 1.29 is 14.3 Å². The van der Waals surface area contributed by atoms with Crippen LogP contribution in [0.25, 0.3) is 0 Å². The summed E-state index contributed by atoms with van der Waals surface area (Å²) < 4.78 is 10.6. The van der Waals surface area contributed by atoms with Gasteiger partial charge in [-0.05, 0) is 37.5 Å². The summed E-state index contributed by atoms with van der Waals surface area (Å²) >= 11 is 0. The van der Waals surface area contributed by atoms with E-state index in [9.17, 15) is 4.79 Å². The SMILES string of the molecule is CCOC(=O)c1ccc(N)c(OCCC2CC2)c1. The highest BCUT2D eigenvalue weighted by Crippen LogP contribution is 2.32. The van der Waals surface area contributed by atoms with Gasteiger partial charge in [0.1, 0.15) is 5.75 Å². The third-order valence-corrected chi connectivity index (χ3v) is 3.01. The predicted octanol–water partition coefficient (Wildman–Crippen LogP) is 2.62. The van der Waals surface area contributed by atoms with E-state index in [4.69, 9.17) is 15.2 Å². The van der Waals surface area contributed by atoms with Crippen molar-refractivity contribution in [3.63, 3.8) is 0 Å². The second kappa shape index (κ2) is 5.76. The van der Waals surface area contributed by atoms with Gasteiger partial charge in [-0.3, -0.25) is 0 Å². The predicted molar refractivity (Wildman–Crippen MR) is 69.6 cm³/mol. The van der Waals surface area contributed by atoms with E-state index in [1.54, 1.807) is 25.1 Å². The van der Waals surface area contributed by atoms with Crippen molar-refractivity contribution in [2.24, 2.45) is 5.92 Å². The summed E-state index contributed by atoms with van der Waals surface area (Å²) in [6, 6.07) is 4.99. The molecule has 1 fully saturated rings. The maximum absolute atomic E-state index is 11.6. The van der Waals surface area contributed by atoms with E-state index in [1.165, 1.54) is 12.8 Å². The zero-order chi connectivity index (χ0) is 13.0. The molecule has 0 unspecified atom stereocenters. The molecule has 0 aromatic heterocycles. The molecule has 98 valence electrons. The summed E-state index contributed by atoms with van der Waals surface area (Å²) in [5.41, 5.74) is 6.85. The molecule has 1 aromatic carbocycles. The number of ether oxygens (including phenoxy) is 2. The summed E-state index contributed by atoms with van der Waals surface area (Å²) in [4.78, 5) is 11.6.